The number of oxazole rings is 1. The molecule has 0 N–H and O–H groups in total. The Hall–Kier alpha value is -5.61. The summed E-state index contributed by atoms with van der Waals surface area (Å²) in [6, 6.07) is 46.6. The number of aromatic nitrogens is 1. The molecule has 0 unspecified atom stereocenters. The van der Waals surface area contributed by atoms with Crippen LogP contribution >= 0.6 is 0 Å². The molecule has 9 rings (SSSR count). The number of benzene rings is 6. The Morgan fingerprint density at radius 1 is 0.523 bits per heavy atom. The number of rotatable bonds is 4. The standard InChI is InChI=1S/C40H28N2O2/c1-40(2)33-22-28(17-19-29(33)31-23-38-35(24-34(31)40)41-39(44-38)25-11-5-3-6-12-25)42(26-13-7-4-8-14-26)27-18-20-37-32(21-27)30-15-9-10-16-36(30)43-37/h3-24H,1-2H3. The molecular weight excluding hydrogens is 540 g/mol. The van der Waals surface area contributed by atoms with Crippen LogP contribution in [0.25, 0.3) is 55.6 Å². The molecule has 0 aliphatic heterocycles. The second-order valence-corrected chi connectivity index (χ2v) is 12.1. The van der Waals surface area contributed by atoms with E-state index >= 15 is 0 Å². The van der Waals surface area contributed by atoms with Crippen LogP contribution in [0.2, 0.25) is 0 Å². The predicted octanol–water partition coefficient (Wildman–Crippen LogP) is 11.2. The summed E-state index contributed by atoms with van der Waals surface area (Å²) in [6.07, 6.45) is 0. The van der Waals surface area contributed by atoms with E-state index in [1.165, 1.54) is 22.3 Å². The van der Waals surface area contributed by atoms with E-state index in [1.807, 2.05) is 42.5 Å². The first-order chi connectivity index (χ1) is 21.5. The summed E-state index contributed by atoms with van der Waals surface area (Å²) in [7, 11) is 0. The lowest BCUT2D eigenvalue weighted by molar-refractivity contribution is 0.619. The number of furan rings is 1. The van der Waals surface area contributed by atoms with E-state index in [2.05, 4.69) is 110 Å². The fraction of sp³-hybridized carbons (Fsp3) is 0.0750. The van der Waals surface area contributed by atoms with E-state index in [0.29, 0.717) is 5.89 Å². The minimum Gasteiger partial charge on any atom is -0.456 e. The lowest BCUT2D eigenvalue weighted by Crippen LogP contribution is -2.16. The molecule has 0 amide bonds. The number of hydrogen-bond acceptors (Lipinski definition) is 4. The van der Waals surface area contributed by atoms with Crippen molar-refractivity contribution >= 4 is 50.1 Å². The molecule has 2 aromatic heterocycles. The number of nitrogens with zero attached hydrogens (tertiary/aromatic N) is 2. The maximum Gasteiger partial charge on any atom is 0.227 e. The topological polar surface area (TPSA) is 42.4 Å². The summed E-state index contributed by atoms with van der Waals surface area (Å²) in [4.78, 5) is 7.21. The van der Waals surface area contributed by atoms with Gasteiger partial charge < -0.3 is 13.7 Å². The zero-order chi connectivity index (χ0) is 29.4. The van der Waals surface area contributed by atoms with Gasteiger partial charge in [0.25, 0.3) is 0 Å². The molecule has 1 aliphatic rings. The molecule has 1 aliphatic carbocycles. The summed E-state index contributed by atoms with van der Waals surface area (Å²) >= 11 is 0. The summed E-state index contributed by atoms with van der Waals surface area (Å²) in [5.74, 6) is 0.651. The van der Waals surface area contributed by atoms with E-state index in [9.17, 15) is 0 Å². The van der Waals surface area contributed by atoms with E-state index in [0.717, 1.165) is 55.7 Å². The highest BCUT2D eigenvalue weighted by molar-refractivity contribution is 6.06. The molecule has 0 saturated heterocycles. The van der Waals surface area contributed by atoms with Gasteiger partial charge >= 0.3 is 0 Å². The Morgan fingerprint density at radius 2 is 1.20 bits per heavy atom. The Morgan fingerprint density at radius 3 is 2.05 bits per heavy atom. The third-order valence-corrected chi connectivity index (χ3v) is 9.08. The highest BCUT2D eigenvalue weighted by Gasteiger charge is 2.37. The van der Waals surface area contributed by atoms with Crippen LogP contribution in [-0.4, -0.2) is 4.98 Å². The third kappa shape index (κ3) is 3.67. The molecule has 8 aromatic rings. The van der Waals surface area contributed by atoms with Crippen molar-refractivity contribution in [2.45, 2.75) is 19.3 Å². The van der Waals surface area contributed by atoms with Gasteiger partial charge in [0.2, 0.25) is 5.89 Å². The molecule has 210 valence electrons. The minimum atomic E-state index is -0.214. The van der Waals surface area contributed by atoms with Crippen LogP contribution in [0.5, 0.6) is 0 Å². The summed E-state index contributed by atoms with van der Waals surface area (Å²) in [6.45, 7) is 4.62. The van der Waals surface area contributed by atoms with Crippen LogP contribution in [0.15, 0.2) is 142 Å². The fourth-order valence-electron chi connectivity index (χ4n) is 6.86. The van der Waals surface area contributed by atoms with Gasteiger partial charge in [0.1, 0.15) is 16.7 Å². The van der Waals surface area contributed by atoms with Gasteiger partial charge in [0, 0.05) is 38.8 Å². The van der Waals surface area contributed by atoms with Crippen molar-refractivity contribution in [1.82, 2.24) is 4.98 Å². The van der Waals surface area contributed by atoms with Crippen molar-refractivity contribution in [2.75, 3.05) is 4.90 Å². The predicted molar refractivity (Wildman–Crippen MR) is 179 cm³/mol. The zero-order valence-corrected chi connectivity index (χ0v) is 24.4. The molecule has 0 radical (unpaired) electrons. The smallest absolute Gasteiger partial charge is 0.227 e. The highest BCUT2D eigenvalue weighted by Crippen LogP contribution is 2.52. The number of anilines is 3. The number of hydrogen-bond donors (Lipinski definition) is 0. The van der Waals surface area contributed by atoms with Crippen LogP contribution < -0.4 is 4.90 Å². The van der Waals surface area contributed by atoms with Crippen molar-refractivity contribution < 1.29 is 8.83 Å². The van der Waals surface area contributed by atoms with Crippen molar-refractivity contribution in [3.63, 3.8) is 0 Å². The lowest BCUT2D eigenvalue weighted by atomic mass is 9.82. The maximum atomic E-state index is 6.27. The first-order valence-electron chi connectivity index (χ1n) is 15.0. The normalized spacial score (nSPS) is 13.4. The first kappa shape index (κ1) is 24.9. The van der Waals surface area contributed by atoms with Crippen LogP contribution in [-0.2, 0) is 5.41 Å². The quantitative estimate of drug-likeness (QED) is 0.212. The SMILES string of the molecule is CC1(C)c2cc(N(c3ccccc3)c3ccc4oc5ccccc5c4c3)ccc2-c2cc3oc(-c4ccccc4)nc3cc21. The average molecular weight is 569 g/mol. The van der Waals surface area contributed by atoms with E-state index < -0.39 is 0 Å². The van der Waals surface area contributed by atoms with Crippen molar-refractivity contribution in [1.29, 1.82) is 0 Å². The van der Waals surface area contributed by atoms with Gasteiger partial charge in [-0.25, -0.2) is 4.98 Å². The summed E-state index contributed by atoms with van der Waals surface area (Å²) in [5, 5.41) is 2.23. The Labute approximate surface area is 254 Å². The van der Waals surface area contributed by atoms with Gasteiger partial charge in [-0.2, -0.15) is 0 Å². The highest BCUT2D eigenvalue weighted by atomic mass is 16.3. The van der Waals surface area contributed by atoms with Crippen LogP contribution in [0, 0.1) is 0 Å². The molecule has 44 heavy (non-hydrogen) atoms. The minimum absolute atomic E-state index is 0.214. The molecule has 0 saturated carbocycles. The first-order valence-corrected chi connectivity index (χ1v) is 15.0. The van der Waals surface area contributed by atoms with E-state index in [1.54, 1.807) is 0 Å². The van der Waals surface area contributed by atoms with Crippen molar-refractivity contribution in [3.8, 4) is 22.6 Å². The van der Waals surface area contributed by atoms with Crippen molar-refractivity contribution in [2.24, 2.45) is 0 Å². The molecule has 4 heteroatoms. The van der Waals surface area contributed by atoms with Crippen LogP contribution in [0.1, 0.15) is 25.0 Å². The monoisotopic (exact) mass is 568 g/mol. The zero-order valence-electron chi connectivity index (χ0n) is 24.4. The summed E-state index contributed by atoms with van der Waals surface area (Å²) < 4.78 is 12.4. The molecule has 4 nitrogen and oxygen atoms in total. The molecule has 0 bridgehead atoms. The second-order valence-electron chi connectivity index (χ2n) is 12.1. The largest absolute Gasteiger partial charge is 0.456 e. The van der Waals surface area contributed by atoms with Gasteiger partial charge in [0.05, 0.1) is 0 Å². The number of para-hydroxylation sites is 2. The van der Waals surface area contributed by atoms with Crippen molar-refractivity contribution in [3.05, 3.63) is 145 Å². The van der Waals surface area contributed by atoms with Gasteiger partial charge in [-0.1, -0.05) is 74.5 Å². The fourth-order valence-corrected chi connectivity index (χ4v) is 6.86. The van der Waals surface area contributed by atoms with Crippen LogP contribution in [0.4, 0.5) is 17.1 Å². The van der Waals surface area contributed by atoms with Gasteiger partial charge in [0.15, 0.2) is 5.58 Å². The van der Waals surface area contributed by atoms with Crippen LogP contribution in [0.3, 0.4) is 0 Å². The molecule has 2 heterocycles. The molecule has 0 fully saturated rings. The van der Waals surface area contributed by atoms with E-state index in [4.69, 9.17) is 13.8 Å². The Bertz CT molecular complexity index is 2360. The summed E-state index contributed by atoms with van der Waals surface area (Å²) in [5.41, 5.74) is 12.5. The van der Waals surface area contributed by atoms with Gasteiger partial charge in [-0.15, -0.1) is 0 Å². The molecule has 0 atom stereocenters. The lowest BCUT2D eigenvalue weighted by Gasteiger charge is -2.28. The number of fused-ring (bicyclic) bond motifs is 7. The van der Waals surface area contributed by atoms with E-state index in [-0.39, 0.29) is 5.41 Å². The maximum absolute atomic E-state index is 6.27. The Kier molecular flexibility index (Phi) is 5.21. The second kappa shape index (κ2) is 9.19. The molecular formula is C40H28N2O2. The molecule has 0 spiro atoms. The molecule has 6 aromatic carbocycles. The third-order valence-electron chi connectivity index (χ3n) is 9.08. The Balaban J connectivity index is 1.19. The van der Waals surface area contributed by atoms with Gasteiger partial charge in [-0.3, -0.25) is 0 Å². The van der Waals surface area contributed by atoms with Gasteiger partial charge in [-0.05, 0) is 95.1 Å². The average Bonchev–Trinajstić information content (AvgIpc) is 3.72.